The number of piperazine rings is 1. The lowest BCUT2D eigenvalue weighted by Crippen LogP contribution is -2.48. The van der Waals surface area contributed by atoms with E-state index in [0.29, 0.717) is 24.2 Å². The van der Waals surface area contributed by atoms with Crippen molar-refractivity contribution in [3.05, 3.63) is 87.0 Å². The number of halogens is 1. The zero-order valence-corrected chi connectivity index (χ0v) is 17.0. The molecule has 0 N–H and O–H groups in total. The van der Waals surface area contributed by atoms with E-state index in [4.69, 9.17) is 0 Å². The summed E-state index contributed by atoms with van der Waals surface area (Å²) < 4.78 is 14.0. The summed E-state index contributed by atoms with van der Waals surface area (Å²) in [6.07, 6.45) is 0. The zero-order valence-electron chi connectivity index (χ0n) is 16.2. The van der Waals surface area contributed by atoms with Gasteiger partial charge < -0.3 is 4.90 Å². The molecule has 0 unspecified atom stereocenters. The Morgan fingerprint density at radius 1 is 1.00 bits per heavy atom. The minimum Gasteiger partial charge on any atom is -0.336 e. The first kappa shape index (κ1) is 20.2. The molecule has 1 fully saturated rings. The molecule has 4 rings (SSSR count). The van der Waals surface area contributed by atoms with Gasteiger partial charge in [-0.15, -0.1) is 11.3 Å². The smallest absolute Gasteiger partial charge is 0.269 e. The molecule has 0 saturated carbocycles. The molecule has 0 spiro atoms. The van der Waals surface area contributed by atoms with Crippen LogP contribution in [-0.4, -0.2) is 46.8 Å². The minimum absolute atomic E-state index is 0.0259. The first-order valence-electron chi connectivity index (χ1n) is 9.61. The lowest BCUT2D eigenvalue weighted by Gasteiger charge is -2.34. The number of non-ortho nitro benzene ring substituents is 1. The van der Waals surface area contributed by atoms with Crippen LogP contribution >= 0.6 is 11.3 Å². The van der Waals surface area contributed by atoms with E-state index < -0.39 is 4.92 Å². The van der Waals surface area contributed by atoms with Crippen LogP contribution in [0.4, 0.5) is 10.1 Å². The summed E-state index contributed by atoms with van der Waals surface area (Å²) in [5.41, 5.74) is 1.05. The van der Waals surface area contributed by atoms with Gasteiger partial charge in [0.1, 0.15) is 5.82 Å². The van der Waals surface area contributed by atoms with E-state index in [1.54, 1.807) is 28.4 Å². The summed E-state index contributed by atoms with van der Waals surface area (Å²) in [7, 11) is 0. The SMILES string of the molecule is O=C(c1ccc([N+](=O)[O-])cc1)N1CCN(Cc2ccc(-c3ccccc3F)s2)CC1. The highest BCUT2D eigenvalue weighted by molar-refractivity contribution is 7.15. The van der Waals surface area contributed by atoms with Crippen LogP contribution < -0.4 is 0 Å². The van der Waals surface area contributed by atoms with Gasteiger partial charge in [0.15, 0.2) is 0 Å². The maximum atomic E-state index is 14.0. The molecule has 3 aromatic rings. The number of rotatable bonds is 5. The van der Waals surface area contributed by atoms with Crippen LogP contribution in [0.2, 0.25) is 0 Å². The van der Waals surface area contributed by atoms with Gasteiger partial charge in [-0.05, 0) is 30.3 Å². The molecule has 1 amide bonds. The Morgan fingerprint density at radius 3 is 2.37 bits per heavy atom. The standard InChI is InChI=1S/C22H20FN3O3S/c23-20-4-2-1-3-19(20)21-10-9-18(30-21)15-24-11-13-25(14-12-24)22(27)16-5-7-17(8-6-16)26(28)29/h1-10H,11-15H2. The highest BCUT2D eigenvalue weighted by Crippen LogP contribution is 2.30. The molecule has 1 aromatic heterocycles. The third-order valence-electron chi connectivity index (χ3n) is 5.16. The fraction of sp³-hybridized carbons (Fsp3) is 0.227. The van der Waals surface area contributed by atoms with Crippen molar-refractivity contribution < 1.29 is 14.1 Å². The molecule has 1 aliphatic heterocycles. The van der Waals surface area contributed by atoms with Crippen molar-refractivity contribution in [3.63, 3.8) is 0 Å². The summed E-state index contributed by atoms with van der Waals surface area (Å²) in [6, 6.07) is 16.5. The van der Waals surface area contributed by atoms with Crippen molar-refractivity contribution >= 4 is 22.9 Å². The molecule has 30 heavy (non-hydrogen) atoms. The number of nitro groups is 1. The Bertz CT molecular complexity index is 1060. The largest absolute Gasteiger partial charge is 0.336 e. The Morgan fingerprint density at radius 2 is 1.70 bits per heavy atom. The molecule has 6 nitrogen and oxygen atoms in total. The number of hydrogen-bond acceptors (Lipinski definition) is 5. The fourth-order valence-corrected chi connectivity index (χ4v) is 4.58. The Labute approximate surface area is 177 Å². The average molecular weight is 425 g/mol. The minimum atomic E-state index is -0.477. The van der Waals surface area contributed by atoms with Crippen molar-refractivity contribution in [1.82, 2.24) is 9.80 Å². The van der Waals surface area contributed by atoms with Gasteiger partial charge in [0.2, 0.25) is 0 Å². The second-order valence-corrected chi connectivity index (χ2v) is 8.29. The van der Waals surface area contributed by atoms with Crippen molar-refractivity contribution in [2.75, 3.05) is 26.2 Å². The van der Waals surface area contributed by atoms with Crippen molar-refractivity contribution in [3.8, 4) is 10.4 Å². The van der Waals surface area contributed by atoms with Crippen LogP contribution in [0, 0.1) is 15.9 Å². The Hall–Kier alpha value is -3.10. The molecule has 8 heteroatoms. The molecule has 0 bridgehead atoms. The molecule has 0 atom stereocenters. The summed E-state index contributed by atoms with van der Waals surface area (Å²) in [5.74, 6) is -0.327. The monoisotopic (exact) mass is 425 g/mol. The number of nitrogens with zero attached hydrogens (tertiary/aromatic N) is 3. The number of hydrogen-bond donors (Lipinski definition) is 0. The van der Waals surface area contributed by atoms with Gasteiger partial charge in [-0.2, -0.15) is 0 Å². The predicted molar refractivity (Wildman–Crippen MR) is 114 cm³/mol. The van der Waals surface area contributed by atoms with Crippen LogP contribution in [0.15, 0.2) is 60.7 Å². The van der Waals surface area contributed by atoms with Gasteiger partial charge in [-0.25, -0.2) is 4.39 Å². The average Bonchev–Trinajstić information content (AvgIpc) is 3.22. The van der Waals surface area contributed by atoms with Crippen LogP contribution in [0.5, 0.6) is 0 Å². The van der Waals surface area contributed by atoms with Gasteiger partial charge in [-0.3, -0.25) is 19.8 Å². The van der Waals surface area contributed by atoms with Crippen molar-refractivity contribution in [2.45, 2.75) is 6.54 Å². The van der Waals surface area contributed by atoms with Crippen LogP contribution in [0.1, 0.15) is 15.2 Å². The molecule has 0 radical (unpaired) electrons. The van der Waals surface area contributed by atoms with E-state index >= 15 is 0 Å². The van der Waals surface area contributed by atoms with Crippen molar-refractivity contribution in [1.29, 1.82) is 0 Å². The van der Waals surface area contributed by atoms with Crippen molar-refractivity contribution in [2.24, 2.45) is 0 Å². The van der Waals surface area contributed by atoms with Gasteiger partial charge in [-0.1, -0.05) is 18.2 Å². The number of carbonyl (C=O) groups is 1. The highest BCUT2D eigenvalue weighted by Gasteiger charge is 2.23. The number of benzene rings is 2. The van der Waals surface area contributed by atoms with E-state index in [2.05, 4.69) is 4.90 Å². The van der Waals surface area contributed by atoms with E-state index in [-0.39, 0.29) is 17.4 Å². The summed E-state index contributed by atoms with van der Waals surface area (Å²) >= 11 is 1.58. The molecule has 1 aliphatic rings. The third kappa shape index (κ3) is 4.39. The highest BCUT2D eigenvalue weighted by atomic mass is 32.1. The maximum absolute atomic E-state index is 14.0. The quantitative estimate of drug-likeness (QED) is 0.448. The van der Waals surface area contributed by atoms with E-state index in [0.717, 1.165) is 29.4 Å². The van der Waals surface area contributed by atoms with Gasteiger partial charge >= 0.3 is 0 Å². The number of amides is 1. The van der Waals surface area contributed by atoms with Crippen LogP contribution in [0.3, 0.4) is 0 Å². The van der Waals surface area contributed by atoms with Crippen LogP contribution in [0.25, 0.3) is 10.4 Å². The second kappa shape index (κ2) is 8.73. The first-order valence-corrected chi connectivity index (χ1v) is 10.4. The summed E-state index contributed by atoms with van der Waals surface area (Å²) in [6.45, 7) is 3.44. The number of carbonyl (C=O) groups excluding carboxylic acids is 1. The van der Waals surface area contributed by atoms with E-state index in [1.165, 1.54) is 30.3 Å². The molecule has 154 valence electrons. The Balaban J connectivity index is 1.33. The second-order valence-electron chi connectivity index (χ2n) is 7.12. The Kier molecular flexibility index (Phi) is 5.87. The van der Waals surface area contributed by atoms with Gasteiger partial charge in [0.25, 0.3) is 11.6 Å². The first-order chi connectivity index (χ1) is 14.5. The summed E-state index contributed by atoms with van der Waals surface area (Å²) in [4.78, 5) is 29.0. The van der Waals surface area contributed by atoms with Gasteiger partial charge in [0.05, 0.1) is 4.92 Å². The third-order valence-corrected chi connectivity index (χ3v) is 6.27. The fourth-order valence-electron chi connectivity index (χ4n) is 3.51. The normalized spacial score (nSPS) is 14.6. The molecular weight excluding hydrogens is 405 g/mol. The lowest BCUT2D eigenvalue weighted by atomic mass is 10.1. The number of nitro benzene ring substituents is 1. The predicted octanol–water partition coefficient (Wildman–Crippen LogP) is 4.42. The molecule has 0 aliphatic carbocycles. The van der Waals surface area contributed by atoms with E-state index in [1.807, 2.05) is 18.2 Å². The maximum Gasteiger partial charge on any atom is 0.269 e. The molecular formula is C22H20FN3O3S. The van der Waals surface area contributed by atoms with Gasteiger partial charge in [0, 0.05) is 65.7 Å². The van der Waals surface area contributed by atoms with Crippen LogP contribution in [-0.2, 0) is 6.54 Å². The molecule has 2 aromatic carbocycles. The van der Waals surface area contributed by atoms with E-state index in [9.17, 15) is 19.3 Å². The molecule has 1 saturated heterocycles. The molecule has 2 heterocycles. The zero-order chi connectivity index (χ0) is 21.1. The summed E-state index contributed by atoms with van der Waals surface area (Å²) in [5, 5.41) is 10.8. The topological polar surface area (TPSA) is 66.7 Å². The lowest BCUT2D eigenvalue weighted by molar-refractivity contribution is -0.384. The number of thiophene rings is 1.